The summed E-state index contributed by atoms with van der Waals surface area (Å²) in [7, 11) is 0. The summed E-state index contributed by atoms with van der Waals surface area (Å²) in [4.78, 5) is 56.5. The Bertz CT molecular complexity index is 1130. The van der Waals surface area contributed by atoms with Crippen molar-refractivity contribution in [3.63, 3.8) is 0 Å². The summed E-state index contributed by atoms with van der Waals surface area (Å²) < 4.78 is 0. The molecule has 32 heavy (non-hydrogen) atoms. The van der Waals surface area contributed by atoms with Crippen molar-refractivity contribution in [3.8, 4) is 0 Å². The maximum absolute atomic E-state index is 13.5. The molecule has 0 spiro atoms. The van der Waals surface area contributed by atoms with Crippen molar-refractivity contribution in [1.82, 2.24) is 9.80 Å². The van der Waals surface area contributed by atoms with E-state index in [4.69, 9.17) is 0 Å². The second kappa shape index (κ2) is 6.99. The van der Waals surface area contributed by atoms with Crippen molar-refractivity contribution >= 4 is 34.4 Å². The Labute approximate surface area is 186 Å². The highest BCUT2D eigenvalue weighted by atomic mass is 16.2. The van der Waals surface area contributed by atoms with Gasteiger partial charge in [0.25, 0.3) is 23.6 Å². The summed E-state index contributed by atoms with van der Waals surface area (Å²) in [6.07, 6.45) is 7.34. The fourth-order valence-corrected chi connectivity index (χ4v) is 6.24. The van der Waals surface area contributed by atoms with Gasteiger partial charge in [-0.3, -0.25) is 29.0 Å². The van der Waals surface area contributed by atoms with Crippen LogP contribution in [0, 0.1) is 5.92 Å². The molecule has 2 aromatic rings. The lowest BCUT2D eigenvalue weighted by Gasteiger charge is -2.38. The molecule has 0 unspecified atom stereocenters. The number of amides is 4. The highest BCUT2D eigenvalue weighted by molar-refractivity contribution is 6.33. The molecule has 0 N–H and O–H groups in total. The van der Waals surface area contributed by atoms with Gasteiger partial charge in [0.15, 0.2) is 0 Å². The van der Waals surface area contributed by atoms with E-state index < -0.39 is 0 Å². The van der Waals surface area contributed by atoms with E-state index in [1.54, 1.807) is 24.3 Å². The Morgan fingerprint density at radius 3 is 1.28 bits per heavy atom. The molecule has 4 amide bonds. The standard InChI is InChI=1S/C26H26N2O4/c1-14-6-8-16(9-7-14)28-25(31)19-12-10-17-21-18(11-13-20(22(19)21)26(28)32)24(30)27(23(17)29)15-4-2-3-5-15/h10-16H,2-9H2,1H3. The number of benzene rings is 2. The molecule has 6 rings (SSSR count). The third kappa shape index (κ3) is 2.58. The van der Waals surface area contributed by atoms with E-state index in [9.17, 15) is 19.2 Å². The topological polar surface area (TPSA) is 74.8 Å². The Hall–Kier alpha value is -3.02. The zero-order valence-corrected chi connectivity index (χ0v) is 18.2. The normalized spacial score (nSPS) is 25.9. The molecule has 6 heteroatoms. The van der Waals surface area contributed by atoms with Gasteiger partial charge in [0, 0.05) is 45.1 Å². The zero-order valence-electron chi connectivity index (χ0n) is 18.2. The number of carbonyl (C=O) groups excluding carboxylic acids is 4. The van der Waals surface area contributed by atoms with Crippen molar-refractivity contribution in [3.05, 3.63) is 46.5 Å². The van der Waals surface area contributed by atoms with Crippen LogP contribution in [-0.2, 0) is 0 Å². The van der Waals surface area contributed by atoms with Crippen LogP contribution in [0.15, 0.2) is 24.3 Å². The zero-order chi connectivity index (χ0) is 22.1. The molecule has 2 aliphatic heterocycles. The van der Waals surface area contributed by atoms with Crippen molar-refractivity contribution in [2.24, 2.45) is 5.92 Å². The van der Waals surface area contributed by atoms with Gasteiger partial charge in [-0.25, -0.2) is 0 Å². The van der Waals surface area contributed by atoms with E-state index in [0.717, 1.165) is 51.4 Å². The summed E-state index contributed by atoms with van der Waals surface area (Å²) >= 11 is 0. The first-order chi connectivity index (χ1) is 15.5. The molecule has 0 saturated heterocycles. The monoisotopic (exact) mass is 430 g/mol. The first kappa shape index (κ1) is 19.6. The minimum absolute atomic E-state index is 0.0714. The van der Waals surface area contributed by atoms with Crippen molar-refractivity contribution < 1.29 is 19.2 Å². The van der Waals surface area contributed by atoms with Crippen molar-refractivity contribution in [1.29, 1.82) is 0 Å². The summed E-state index contributed by atoms with van der Waals surface area (Å²) in [5, 5.41) is 0.950. The minimum Gasteiger partial charge on any atom is -0.271 e. The molecule has 2 fully saturated rings. The van der Waals surface area contributed by atoms with Crippen LogP contribution in [0.4, 0.5) is 0 Å². The Morgan fingerprint density at radius 2 is 0.906 bits per heavy atom. The average molecular weight is 431 g/mol. The summed E-state index contributed by atoms with van der Waals surface area (Å²) in [6, 6.07) is 6.55. The molecule has 2 aliphatic carbocycles. The Kier molecular flexibility index (Phi) is 4.29. The lowest BCUT2D eigenvalue weighted by atomic mass is 9.82. The van der Waals surface area contributed by atoms with Gasteiger partial charge in [-0.05, 0) is 68.7 Å². The first-order valence-corrected chi connectivity index (χ1v) is 11.8. The van der Waals surface area contributed by atoms with Crippen LogP contribution in [-0.4, -0.2) is 45.5 Å². The maximum atomic E-state index is 13.5. The van der Waals surface area contributed by atoms with Crippen LogP contribution >= 0.6 is 0 Å². The predicted molar refractivity (Wildman–Crippen MR) is 119 cm³/mol. The number of carbonyl (C=O) groups is 4. The Balaban J connectivity index is 1.49. The highest BCUT2D eigenvalue weighted by Gasteiger charge is 2.43. The van der Waals surface area contributed by atoms with Gasteiger partial charge in [0.2, 0.25) is 0 Å². The van der Waals surface area contributed by atoms with E-state index in [1.807, 2.05) is 0 Å². The van der Waals surface area contributed by atoms with Gasteiger partial charge in [-0.15, -0.1) is 0 Å². The van der Waals surface area contributed by atoms with E-state index in [-0.39, 0.29) is 35.7 Å². The molecular weight excluding hydrogens is 404 g/mol. The van der Waals surface area contributed by atoms with Crippen LogP contribution < -0.4 is 0 Å². The van der Waals surface area contributed by atoms with Crippen LogP contribution in [0.2, 0.25) is 0 Å². The van der Waals surface area contributed by atoms with E-state index in [0.29, 0.717) is 38.9 Å². The fraction of sp³-hybridized carbons (Fsp3) is 0.462. The molecule has 164 valence electrons. The molecule has 0 radical (unpaired) electrons. The number of hydrogen-bond acceptors (Lipinski definition) is 4. The third-order valence-corrected chi connectivity index (χ3v) is 8.00. The molecule has 0 bridgehead atoms. The second-order valence-electron chi connectivity index (χ2n) is 9.88. The lowest BCUT2D eigenvalue weighted by Crippen LogP contribution is -2.49. The Morgan fingerprint density at radius 1 is 0.562 bits per heavy atom. The van der Waals surface area contributed by atoms with Gasteiger partial charge >= 0.3 is 0 Å². The van der Waals surface area contributed by atoms with E-state index in [2.05, 4.69) is 6.92 Å². The molecule has 2 heterocycles. The SMILES string of the molecule is CC1CCC(N2C(=O)c3ccc4c5c(ccc(c35)C2=O)C(=O)N(C2CCCC2)C4=O)CC1. The quantitative estimate of drug-likeness (QED) is 0.655. The van der Waals surface area contributed by atoms with Gasteiger partial charge in [-0.2, -0.15) is 0 Å². The average Bonchev–Trinajstić information content (AvgIpc) is 3.32. The van der Waals surface area contributed by atoms with Crippen LogP contribution in [0.3, 0.4) is 0 Å². The molecule has 2 aromatic carbocycles. The smallest absolute Gasteiger partial charge is 0.261 e. The highest BCUT2D eigenvalue weighted by Crippen LogP contribution is 2.41. The molecule has 4 aliphatic rings. The van der Waals surface area contributed by atoms with Crippen LogP contribution in [0.5, 0.6) is 0 Å². The van der Waals surface area contributed by atoms with Crippen molar-refractivity contribution in [2.75, 3.05) is 0 Å². The van der Waals surface area contributed by atoms with Gasteiger partial charge in [0.1, 0.15) is 0 Å². The molecule has 0 atom stereocenters. The van der Waals surface area contributed by atoms with Gasteiger partial charge in [0.05, 0.1) is 0 Å². The van der Waals surface area contributed by atoms with Crippen LogP contribution in [0.1, 0.15) is 99.7 Å². The fourth-order valence-electron chi connectivity index (χ4n) is 6.24. The number of imide groups is 2. The molecule has 2 saturated carbocycles. The van der Waals surface area contributed by atoms with E-state index in [1.165, 1.54) is 9.80 Å². The summed E-state index contributed by atoms with van der Waals surface area (Å²) in [6.45, 7) is 2.20. The summed E-state index contributed by atoms with van der Waals surface area (Å²) in [5.74, 6) is -0.601. The van der Waals surface area contributed by atoms with Gasteiger partial charge < -0.3 is 0 Å². The molecular formula is C26H26N2O4. The van der Waals surface area contributed by atoms with Crippen molar-refractivity contribution in [2.45, 2.75) is 70.4 Å². The van der Waals surface area contributed by atoms with E-state index >= 15 is 0 Å². The van der Waals surface area contributed by atoms with Crippen LogP contribution in [0.25, 0.3) is 10.8 Å². The number of hydrogen-bond donors (Lipinski definition) is 0. The first-order valence-electron chi connectivity index (χ1n) is 11.8. The lowest BCUT2D eigenvalue weighted by molar-refractivity contribution is 0.0480. The minimum atomic E-state index is -0.304. The second-order valence-corrected chi connectivity index (χ2v) is 9.88. The predicted octanol–water partition coefficient (Wildman–Crippen LogP) is 4.55. The number of rotatable bonds is 2. The molecule has 0 aromatic heterocycles. The van der Waals surface area contributed by atoms with Gasteiger partial charge in [-0.1, -0.05) is 19.8 Å². The maximum Gasteiger partial charge on any atom is 0.261 e. The molecule has 6 nitrogen and oxygen atoms in total. The third-order valence-electron chi connectivity index (χ3n) is 8.00. The summed E-state index contributed by atoms with van der Waals surface area (Å²) in [5.41, 5.74) is 1.70. The number of nitrogens with zero attached hydrogens (tertiary/aromatic N) is 2. The largest absolute Gasteiger partial charge is 0.271 e.